The third kappa shape index (κ3) is 1.08. The first-order chi connectivity index (χ1) is 5.79. The van der Waals surface area contributed by atoms with Crippen LogP contribution in [-0.2, 0) is 0 Å². The highest BCUT2D eigenvalue weighted by atomic mass is 32.1. The SMILES string of the molecule is O=Cc1cc2cc(O)ccc2s1. The second-order valence-electron chi connectivity index (χ2n) is 2.49. The number of rotatable bonds is 1. The van der Waals surface area contributed by atoms with E-state index in [1.165, 1.54) is 11.3 Å². The van der Waals surface area contributed by atoms with Crippen LogP contribution < -0.4 is 0 Å². The third-order valence-electron chi connectivity index (χ3n) is 1.64. The van der Waals surface area contributed by atoms with Gasteiger partial charge in [-0.3, -0.25) is 4.79 Å². The zero-order chi connectivity index (χ0) is 8.55. The van der Waals surface area contributed by atoms with Crippen LogP contribution in [0.25, 0.3) is 10.1 Å². The van der Waals surface area contributed by atoms with Crippen LogP contribution in [0, 0.1) is 0 Å². The lowest BCUT2D eigenvalue weighted by atomic mass is 10.2. The maximum absolute atomic E-state index is 10.4. The average molecular weight is 178 g/mol. The zero-order valence-electron chi connectivity index (χ0n) is 6.15. The fourth-order valence-electron chi connectivity index (χ4n) is 1.11. The predicted molar refractivity (Wildman–Crippen MR) is 48.9 cm³/mol. The van der Waals surface area contributed by atoms with E-state index >= 15 is 0 Å². The highest BCUT2D eigenvalue weighted by Crippen LogP contribution is 2.27. The van der Waals surface area contributed by atoms with Gasteiger partial charge in [0.05, 0.1) is 4.88 Å². The molecule has 0 spiro atoms. The summed E-state index contributed by atoms with van der Waals surface area (Å²) in [4.78, 5) is 11.1. The minimum absolute atomic E-state index is 0.234. The molecular weight excluding hydrogens is 172 g/mol. The van der Waals surface area contributed by atoms with E-state index in [4.69, 9.17) is 5.11 Å². The lowest BCUT2D eigenvalue weighted by Crippen LogP contribution is -1.64. The quantitative estimate of drug-likeness (QED) is 0.681. The van der Waals surface area contributed by atoms with Crippen molar-refractivity contribution >= 4 is 27.7 Å². The number of aromatic hydroxyl groups is 1. The van der Waals surface area contributed by atoms with Crippen LogP contribution in [0.2, 0.25) is 0 Å². The molecule has 2 nitrogen and oxygen atoms in total. The van der Waals surface area contributed by atoms with Crippen LogP contribution in [0.1, 0.15) is 9.67 Å². The Balaban J connectivity index is 2.75. The molecule has 1 heterocycles. The van der Waals surface area contributed by atoms with Gasteiger partial charge in [-0.05, 0) is 29.7 Å². The average Bonchev–Trinajstić information content (AvgIpc) is 2.46. The Labute approximate surface area is 73.1 Å². The molecule has 0 saturated carbocycles. The molecule has 12 heavy (non-hydrogen) atoms. The van der Waals surface area contributed by atoms with Crippen molar-refractivity contribution in [1.29, 1.82) is 0 Å². The molecule has 2 aromatic rings. The fourth-order valence-corrected chi connectivity index (χ4v) is 1.97. The summed E-state index contributed by atoms with van der Waals surface area (Å²) in [5, 5.41) is 10.0. The van der Waals surface area contributed by atoms with Gasteiger partial charge in [-0.2, -0.15) is 0 Å². The maximum atomic E-state index is 10.4. The fraction of sp³-hybridized carbons (Fsp3) is 0. The molecule has 0 saturated heterocycles. The van der Waals surface area contributed by atoms with Crippen LogP contribution in [0.15, 0.2) is 24.3 Å². The summed E-state index contributed by atoms with van der Waals surface area (Å²) < 4.78 is 1.02. The van der Waals surface area contributed by atoms with Crippen LogP contribution in [0.5, 0.6) is 5.75 Å². The van der Waals surface area contributed by atoms with Gasteiger partial charge in [0.25, 0.3) is 0 Å². The minimum Gasteiger partial charge on any atom is -0.508 e. The van der Waals surface area contributed by atoms with Gasteiger partial charge in [-0.15, -0.1) is 11.3 Å². The summed E-state index contributed by atoms with van der Waals surface area (Å²) in [6.45, 7) is 0. The molecule has 0 amide bonds. The second kappa shape index (κ2) is 2.60. The van der Waals surface area contributed by atoms with Crippen molar-refractivity contribution in [3.8, 4) is 5.75 Å². The van der Waals surface area contributed by atoms with Crippen molar-refractivity contribution in [3.63, 3.8) is 0 Å². The van der Waals surface area contributed by atoms with Crippen molar-refractivity contribution in [3.05, 3.63) is 29.1 Å². The van der Waals surface area contributed by atoms with Crippen molar-refractivity contribution in [2.75, 3.05) is 0 Å². The Morgan fingerprint density at radius 2 is 2.17 bits per heavy atom. The summed E-state index contributed by atoms with van der Waals surface area (Å²) in [6.07, 6.45) is 0.821. The molecule has 0 fully saturated rings. The summed E-state index contributed by atoms with van der Waals surface area (Å²) in [5.74, 6) is 0.234. The van der Waals surface area contributed by atoms with E-state index in [0.29, 0.717) is 4.88 Å². The van der Waals surface area contributed by atoms with Gasteiger partial charge >= 0.3 is 0 Å². The number of carbonyl (C=O) groups excluding carboxylic acids is 1. The van der Waals surface area contributed by atoms with E-state index in [2.05, 4.69) is 0 Å². The number of thiophene rings is 1. The number of hydrogen-bond acceptors (Lipinski definition) is 3. The number of aldehydes is 1. The Kier molecular flexibility index (Phi) is 1.59. The third-order valence-corrected chi connectivity index (χ3v) is 2.68. The first-order valence-electron chi connectivity index (χ1n) is 3.47. The van der Waals surface area contributed by atoms with Crippen molar-refractivity contribution in [2.24, 2.45) is 0 Å². The van der Waals surface area contributed by atoms with E-state index in [1.807, 2.05) is 6.07 Å². The maximum Gasteiger partial charge on any atom is 0.160 e. The van der Waals surface area contributed by atoms with E-state index in [0.717, 1.165) is 16.4 Å². The zero-order valence-corrected chi connectivity index (χ0v) is 6.97. The molecule has 1 N–H and O–H groups in total. The molecule has 0 radical (unpaired) electrons. The number of phenolic OH excluding ortho intramolecular Hbond substituents is 1. The largest absolute Gasteiger partial charge is 0.508 e. The lowest BCUT2D eigenvalue weighted by Gasteiger charge is -1.89. The molecule has 3 heteroatoms. The first kappa shape index (κ1) is 7.31. The number of phenols is 1. The summed E-state index contributed by atoms with van der Waals surface area (Å²) >= 11 is 1.43. The topological polar surface area (TPSA) is 37.3 Å². The molecule has 0 aliphatic rings. The summed E-state index contributed by atoms with van der Waals surface area (Å²) in [7, 11) is 0. The molecule has 1 aromatic carbocycles. The van der Waals surface area contributed by atoms with Gasteiger partial charge in [-0.1, -0.05) is 0 Å². The lowest BCUT2D eigenvalue weighted by molar-refractivity contribution is 0.112. The Hall–Kier alpha value is -1.35. The standard InChI is InChI=1S/C9H6O2S/c10-5-8-4-6-3-7(11)1-2-9(6)12-8/h1-5,11H. The Morgan fingerprint density at radius 1 is 1.33 bits per heavy atom. The van der Waals surface area contributed by atoms with Gasteiger partial charge in [0, 0.05) is 4.70 Å². The second-order valence-corrected chi connectivity index (χ2v) is 3.60. The van der Waals surface area contributed by atoms with E-state index < -0.39 is 0 Å². The molecular formula is C9H6O2S. The van der Waals surface area contributed by atoms with Crippen LogP contribution in [0.4, 0.5) is 0 Å². The number of hydrogen-bond donors (Lipinski definition) is 1. The smallest absolute Gasteiger partial charge is 0.160 e. The normalized spacial score (nSPS) is 10.3. The minimum atomic E-state index is 0.234. The van der Waals surface area contributed by atoms with Crippen molar-refractivity contribution < 1.29 is 9.90 Å². The van der Waals surface area contributed by atoms with Crippen LogP contribution in [0.3, 0.4) is 0 Å². The molecule has 1 aromatic heterocycles. The van der Waals surface area contributed by atoms with Gasteiger partial charge in [-0.25, -0.2) is 0 Å². The van der Waals surface area contributed by atoms with Gasteiger partial charge in [0.1, 0.15) is 5.75 Å². The highest BCUT2D eigenvalue weighted by Gasteiger charge is 2.00. The molecule has 60 valence electrons. The van der Waals surface area contributed by atoms with Crippen molar-refractivity contribution in [1.82, 2.24) is 0 Å². The van der Waals surface area contributed by atoms with Crippen molar-refractivity contribution in [2.45, 2.75) is 0 Å². The molecule has 0 atom stereocenters. The van der Waals surface area contributed by atoms with E-state index in [1.54, 1.807) is 18.2 Å². The number of fused-ring (bicyclic) bond motifs is 1. The summed E-state index contributed by atoms with van der Waals surface area (Å²) in [5.41, 5.74) is 0. The molecule has 0 unspecified atom stereocenters. The van der Waals surface area contributed by atoms with Crippen LogP contribution >= 0.6 is 11.3 Å². The molecule has 2 rings (SSSR count). The molecule has 0 aliphatic heterocycles. The Morgan fingerprint density at radius 3 is 2.92 bits per heavy atom. The first-order valence-corrected chi connectivity index (χ1v) is 4.29. The van der Waals surface area contributed by atoms with E-state index in [9.17, 15) is 4.79 Å². The monoisotopic (exact) mass is 178 g/mol. The number of carbonyl (C=O) groups is 1. The van der Waals surface area contributed by atoms with Gasteiger partial charge in [0.15, 0.2) is 6.29 Å². The highest BCUT2D eigenvalue weighted by molar-refractivity contribution is 7.20. The van der Waals surface area contributed by atoms with Crippen LogP contribution in [-0.4, -0.2) is 11.4 Å². The Bertz CT molecular complexity index is 431. The van der Waals surface area contributed by atoms with Gasteiger partial charge in [0.2, 0.25) is 0 Å². The molecule has 0 bridgehead atoms. The molecule has 0 aliphatic carbocycles. The predicted octanol–water partition coefficient (Wildman–Crippen LogP) is 2.42. The number of benzene rings is 1. The summed E-state index contributed by atoms with van der Waals surface area (Å²) in [6, 6.07) is 6.85. The van der Waals surface area contributed by atoms with Gasteiger partial charge < -0.3 is 5.11 Å². The van der Waals surface area contributed by atoms with E-state index in [-0.39, 0.29) is 5.75 Å².